The molecule has 152 valence electrons. The summed E-state index contributed by atoms with van der Waals surface area (Å²) in [4.78, 5) is 22.6. The van der Waals surface area contributed by atoms with Gasteiger partial charge in [0.1, 0.15) is 6.61 Å². The molecular weight excluding hydrogens is 372 g/mol. The van der Waals surface area contributed by atoms with Crippen LogP contribution in [0.1, 0.15) is 17.2 Å². The predicted octanol–water partition coefficient (Wildman–Crippen LogP) is 1.97. The van der Waals surface area contributed by atoms with E-state index in [1.807, 2.05) is 12.1 Å². The number of hydrogen-bond donors (Lipinski definition) is 1. The summed E-state index contributed by atoms with van der Waals surface area (Å²) < 4.78 is 11.7. The van der Waals surface area contributed by atoms with Gasteiger partial charge < -0.3 is 20.0 Å². The van der Waals surface area contributed by atoms with Crippen molar-refractivity contribution in [2.45, 2.75) is 12.6 Å². The highest BCUT2D eigenvalue weighted by Gasteiger charge is 2.41. The van der Waals surface area contributed by atoms with Gasteiger partial charge in [0.25, 0.3) is 5.88 Å². The van der Waals surface area contributed by atoms with Crippen molar-refractivity contribution in [1.29, 1.82) is 0 Å². The molecule has 0 saturated carbocycles. The average molecular weight is 396 g/mol. The lowest BCUT2D eigenvalue weighted by atomic mass is 10.0. The van der Waals surface area contributed by atoms with Crippen molar-refractivity contribution in [3.63, 3.8) is 0 Å². The number of rotatable bonds is 4. The molecule has 1 aromatic carbocycles. The van der Waals surface area contributed by atoms with Gasteiger partial charge in [0.2, 0.25) is 0 Å². The molecule has 2 unspecified atom stereocenters. The van der Waals surface area contributed by atoms with Crippen LogP contribution in [-0.2, 0) is 11.4 Å². The molecule has 0 radical (unpaired) electrons. The highest BCUT2D eigenvalue weighted by Crippen LogP contribution is 2.35. The molecule has 0 aliphatic carbocycles. The molecule has 2 saturated heterocycles. The van der Waals surface area contributed by atoms with Crippen LogP contribution in [0.5, 0.6) is 11.6 Å². The number of pyridine rings is 1. The summed E-state index contributed by atoms with van der Waals surface area (Å²) in [6.07, 6.45) is 0.834. The Bertz CT molecular complexity index is 877. The fourth-order valence-corrected chi connectivity index (χ4v) is 4.55. The van der Waals surface area contributed by atoms with E-state index in [9.17, 15) is 4.79 Å². The summed E-state index contributed by atoms with van der Waals surface area (Å²) in [6, 6.07) is 12.2. The van der Waals surface area contributed by atoms with Gasteiger partial charge in [-0.2, -0.15) is 0 Å². The lowest BCUT2D eigenvalue weighted by molar-refractivity contribution is -0.0839. The summed E-state index contributed by atoms with van der Waals surface area (Å²) >= 11 is 0. The molecule has 3 aliphatic heterocycles. The molecule has 8 heteroatoms. The van der Waals surface area contributed by atoms with E-state index in [0.717, 1.165) is 38.3 Å². The van der Waals surface area contributed by atoms with Gasteiger partial charge in [-0.05, 0) is 35.1 Å². The van der Waals surface area contributed by atoms with Gasteiger partial charge in [0, 0.05) is 38.9 Å². The molecule has 2 fully saturated rings. The Morgan fingerprint density at radius 1 is 1.14 bits per heavy atom. The summed E-state index contributed by atoms with van der Waals surface area (Å²) in [6.45, 7) is 4.93. The number of carbonyl (C=O) groups excluding carboxylic acids is 1. The maximum atomic E-state index is 10.9. The minimum Gasteiger partial charge on any atom is -0.484 e. The minimum atomic E-state index is -0.728. The number of hydroxylamine groups is 2. The molecule has 1 aromatic heterocycles. The molecule has 8 nitrogen and oxygen atoms in total. The number of carbonyl (C=O) groups is 1. The van der Waals surface area contributed by atoms with Crippen LogP contribution in [-0.4, -0.2) is 53.8 Å². The number of benzene rings is 1. The van der Waals surface area contributed by atoms with Crippen LogP contribution < -0.4 is 15.2 Å². The predicted molar refractivity (Wildman–Crippen MR) is 104 cm³/mol. The minimum absolute atomic E-state index is 0.145. The third kappa shape index (κ3) is 3.86. The number of nitrogens with zero attached hydrogens (tertiary/aromatic N) is 3. The molecule has 0 spiro atoms. The second kappa shape index (κ2) is 7.53. The zero-order valence-electron chi connectivity index (χ0n) is 16.1. The van der Waals surface area contributed by atoms with E-state index in [2.05, 4.69) is 34.1 Å². The van der Waals surface area contributed by atoms with E-state index in [4.69, 9.17) is 20.0 Å². The van der Waals surface area contributed by atoms with Crippen LogP contribution in [0.3, 0.4) is 0 Å². The third-order valence-corrected chi connectivity index (χ3v) is 5.89. The van der Waals surface area contributed by atoms with Crippen molar-refractivity contribution in [3.8, 4) is 11.6 Å². The van der Waals surface area contributed by atoms with Gasteiger partial charge in [-0.1, -0.05) is 24.3 Å². The van der Waals surface area contributed by atoms with Crippen molar-refractivity contribution in [2.75, 3.05) is 32.8 Å². The number of ether oxygens (including phenoxy) is 2. The van der Waals surface area contributed by atoms with Gasteiger partial charge in [-0.25, -0.2) is 9.78 Å². The van der Waals surface area contributed by atoms with Crippen LogP contribution >= 0.6 is 0 Å². The standard InChI is InChI=1S/C21H24N4O4/c22-21(26)29-25-11-16-9-24(10-17(16)12-25)8-14-3-5-15(6-4-14)19-13-27-18-2-1-7-23-20(18)28-19/h1-7,16-17,19H,8-13H2,(H2,22,26)/t16?,17?,19-/m1/s1. The number of primary amides is 1. The van der Waals surface area contributed by atoms with Crippen LogP contribution in [0, 0.1) is 11.8 Å². The van der Waals surface area contributed by atoms with E-state index in [1.165, 1.54) is 5.56 Å². The lowest BCUT2D eigenvalue weighted by Crippen LogP contribution is -2.32. The summed E-state index contributed by atoms with van der Waals surface area (Å²) in [7, 11) is 0. The molecule has 29 heavy (non-hydrogen) atoms. The molecule has 2 aromatic rings. The topological polar surface area (TPSA) is 90.2 Å². The maximum Gasteiger partial charge on any atom is 0.423 e. The Morgan fingerprint density at radius 3 is 2.62 bits per heavy atom. The summed E-state index contributed by atoms with van der Waals surface area (Å²) in [5.41, 5.74) is 7.47. The SMILES string of the molecule is NC(=O)ON1CC2CN(Cc3ccc([C@H]4COc5cccnc5O4)cc3)CC2C1. The highest BCUT2D eigenvalue weighted by molar-refractivity contribution is 5.64. The number of aromatic nitrogens is 1. The van der Waals surface area contributed by atoms with Crippen molar-refractivity contribution in [2.24, 2.45) is 17.6 Å². The van der Waals surface area contributed by atoms with Crippen molar-refractivity contribution < 1.29 is 19.1 Å². The molecule has 3 atom stereocenters. The Balaban J connectivity index is 1.16. The zero-order chi connectivity index (χ0) is 19.8. The van der Waals surface area contributed by atoms with E-state index in [1.54, 1.807) is 11.3 Å². The van der Waals surface area contributed by atoms with Gasteiger partial charge in [0.05, 0.1) is 0 Å². The number of fused-ring (bicyclic) bond motifs is 2. The Hall–Kier alpha value is -2.84. The molecule has 3 aliphatic rings. The first kappa shape index (κ1) is 18.2. The monoisotopic (exact) mass is 396 g/mol. The van der Waals surface area contributed by atoms with E-state index in [-0.39, 0.29) is 6.10 Å². The average Bonchev–Trinajstić information content (AvgIpc) is 3.25. The smallest absolute Gasteiger partial charge is 0.423 e. The van der Waals surface area contributed by atoms with Gasteiger partial charge in [-0.15, -0.1) is 5.06 Å². The van der Waals surface area contributed by atoms with Crippen molar-refractivity contribution in [1.82, 2.24) is 14.9 Å². The zero-order valence-corrected chi connectivity index (χ0v) is 16.1. The van der Waals surface area contributed by atoms with Gasteiger partial charge >= 0.3 is 6.09 Å². The van der Waals surface area contributed by atoms with Crippen molar-refractivity contribution >= 4 is 6.09 Å². The second-order valence-corrected chi connectivity index (χ2v) is 7.94. The van der Waals surface area contributed by atoms with Crippen LogP contribution in [0.2, 0.25) is 0 Å². The second-order valence-electron chi connectivity index (χ2n) is 7.94. The van der Waals surface area contributed by atoms with E-state index < -0.39 is 6.09 Å². The summed E-state index contributed by atoms with van der Waals surface area (Å²) in [5.74, 6) is 2.29. The fourth-order valence-electron chi connectivity index (χ4n) is 4.55. The number of nitrogens with two attached hydrogens (primary N) is 1. The maximum absolute atomic E-state index is 10.9. The fraction of sp³-hybridized carbons (Fsp3) is 0.429. The first-order valence-electron chi connectivity index (χ1n) is 9.92. The third-order valence-electron chi connectivity index (χ3n) is 5.89. The van der Waals surface area contributed by atoms with E-state index >= 15 is 0 Å². The van der Waals surface area contributed by atoms with E-state index in [0.29, 0.717) is 30.1 Å². The van der Waals surface area contributed by atoms with Gasteiger partial charge in [-0.3, -0.25) is 4.90 Å². The quantitative estimate of drug-likeness (QED) is 0.845. The molecule has 2 N–H and O–H groups in total. The number of hydrogen-bond acceptors (Lipinski definition) is 7. The Morgan fingerprint density at radius 2 is 1.90 bits per heavy atom. The highest BCUT2D eigenvalue weighted by atomic mass is 16.7. The number of amides is 1. The number of likely N-dealkylation sites (tertiary alicyclic amines) is 1. The van der Waals surface area contributed by atoms with Crippen molar-refractivity contribution in [3.05, 3.63) is 53.7 Å². The largest absolute Gasteiger partial charge is 0.484 e. The Kier molecular flexibility index (Phi) is 4.73. The normalized spacial score (nSPS) is 26.3. The van der Waals surface area contributed by atoms with Gasteiger partial charge in [0.15, 0.2) is 11.9 Å². The molecule has 1 amide bonds. The van der Waals surface area contributed by atoms with Crippen LogP contribution in [0.25, 0.3) is 0 Å². The molecule has 0 bridgehead atoms. The molecule has 4 heterocycles. The first-order valence-corrected chi connectivity index (χ1v) is 9.92. The van der Waals surface area contributed by atoms with Crippen LogP contribution in [0.4, 0.5) is 4.79 Å². The lowest BCUT2D eigenvalue weighted by Gasteiger charge is -2.26. The molecular formula is C21H24N4O4. The first-order chi connectivity index (χ1) is 14.1. The molecule has 5 rings (SSSR count). The Labute approximate surface area is 169 Å². The summed E-state index contributed by atoms with van der Waals surface area (Å²) in [5, 5.41) is 1.70. The van der Waals surface area contributed by atoms with Crippen LogP contribution in [0.15, 0.2) is 42.6 Å².